The first-order valence-corrected chi connectivity index (χ1v) is 7.34. The van der Waals surface area contributed by atoms with Crippen molar-refractivity contribution in [1.82, 2.24) is 5.32 Å². The molecule has 1 heteroatoms. The quantitative estimate of drug-likeness (QED) is 0.841. The Morgan fingerprint density at radius 3 is 2.15 bits per heavy atom. The van der Waals surface area contributed by atoms with Crippen LogP contribution in [0.2, 0.25) is 0 Å². The summed E-state index contributed by atoms with van der Waals surface area (Å²) in [6.45, 7) is 11.8. The first kappa shape index (κ1) is 14.8. The van der Waals surface area contributed by atoms with Crippen molar-refractivity contribution in [2.45, 2.75) is 47.2 Å². The van der Waals surface area contributed by atoms with Gasteiger partial charge in [-0.2, -0.15) is 0 Å². The molecule has 1 atom stereocenters. The zero-order valence-corrected chi connectivity index (χ0v) is 13.2. The first-order chi connectivity index (χ1) is 9.47. The van der Waals surface area contributed by atoms with E-state index in [4.69, 9.17) is 0 Å². The van der Waals surface area contributed by atoms with Crippen molar-refractivity contribution in [2.75, 3.05) is 0 Å². The summed E-state index contributed by atoms with van der Waals surface area (Å²) in [6, 6.07) is 13.7. The molecule has 2 rings (SSSR count). The number of benzene rings is 2. The third kappa shape index (κ3) is 3.49. The van der Waals surface area contributed by atoms with E-state index in [1.807, 2.05) is 0 Å². The van der Waals surface area contributed by atoms with Crippen LogP contribution in [0.5, 0.6) is 0 Å². The van der Waals surface area contributed by atoms with Gasteiger partial charge in [-0.15, -0.1) is 0 Å². The number of aryl methyl sites for hydroxylation is 4. The molecule has 0 saturated carbocycles. The van der Waals surface area contributed by atoms with Gasteiger partial charge >= 0.3 is 0 Å². The van der Waals surface area contributed by atoms with E-state index in [0.29, 0.717) is 6.04 Å². The molecule has 0 aliphatic heterocycles. The van der Waals surface area contributed by atoms with Gasteiger partial charge in [-0.1, -0.05) is 47.5 Å². The largest absolute Gasteiger partial charge is 0.306 e. The van der Waals surface area contributed by atoms with Crippen LogP contribution in [-0.4, -0.2) is 0 Å². The van der Waals surface area contributed by atoms with Crippen LogP contribution in [0, 0.1) is 27.7 Å². The maximum absolute atomic E-state index is 3.65. The Kier molecular flexibility index (Phi) is 4.61. The van der Waals surface area contributed by atoms with Crippen LogP contribution >= 0.6 is 0 Å². The van der Waals surface area contributed by atoms with E-state index in [-0.39, 0.29) is 0 Å². The molecule has 106 valence electrons. The summed E-state index contributed by atoms with van der Waals surface area (Å²) in [7, 11) is 0. The highest BCUT2D eigenvalue weighted by molar-refractivity contribution is 5.33. The van der Waals surface area contributed by atoms with Gasteiger partial charge in [0.05, 0.1) is 0 Å². The topological polar surface area (TPSA) is 12.0 Å². The van der Waals surface area contributed by atoms with Crippen molar-refractivity contribution in [2.24, 2.45) is 0 Å². The summed E-state index contributed by atoms with van der Waals surface area (Å²) in [6.07, 6.45) is 0. The van der Waals surface area contributed by atoms with Gasteiger partial charge in [0.15, 0.2) is 0 Å². The van der Waals surface area contributed by atoms with Crippen molar-refractivity contribution in [3.05, 3.63) is 69.8 Å². The Labute approximate surface area is 123 Å². The highest BCUT2D eigenvalue weighted by atomic mass is 14.9. The molecule has 0 aliphatic carbocycles. The van der Waals surface area contributed by atoms with E-state index in [1.165, 1.54) is 33.4 Å². The van der Waals surface area contributed by atoms with Crippen LogP contribution in [0.1, 0.15) is 46.3 Å². The van der Waals surface area contributed by atoms with Gasteiger partial charge in [0.25, 0.3) is 0 Å². The molecule has 0 heterocycles. The summed E-state index contributed by atoms with van der Waals surface area (Å²) < 4.78 is 0. The van der Waals surface area contributed by atoms with Crippen LogP contribution in [0.4, 0.5) is 0 Å². The molecule has 0 aliphatic rings. The summed E-state index contributed by atoms with van der Waals surface area (Å²) in [5.41, 5.74) is 8.16. The van der Waals surface area contributed by atoms with Crippen molar-refractivity contribution in [1.29, 1.82) is 0 Å². The first-order valence-electron chi connectivity index (χ1n) is 7.34. The summed E-state index contributed by atoms with van der Waals surface area (Å²) in [5, 5.41) is 3.65. The van der Waals surface area contributed by atoms with E-state index in [0.717, 1.165) is 6.54 Å². The van der Waals surface area contributed by atoms with Gasteiger partial charge in [-0.05, 0) is 56.9 Å². The van der Waals surface area contributed by atoms with Crippen LogP contribution < -0.4 is 5.32 Å². The summed E-state index contributed by atoms with van der Waals surface area (Å²) in [5.74, 6) is 0. The van der Waals surface area contributed by atoms with Crippen LogP contribution in [0.25, 0.3) is 0 Å². The Bertz CT molecular complexity index is 599. The molecule has 0 fully saturated rings. The molecule has 1 N–H and O–H groups in total. The van der Waals surface area contributed by atoms with E-state index < -0.39 is 0 Å². The number of hydrogen-bond donors (Lipinski definition) is 1. The Morgan fingerprint density at radius 1 is 0.850 bits per heavy atom. The molecular weight excluding hydrogens is 242 g/mol. The fourth-order valence-electron chi connectivity index (χ4n) is 2.59. The fraction of sp³-hybridized carbons (Fsp3) is 0.368. The molecular formula is C19H25N. The van der Waals surface area contributed by atoms with E-state index in [2.05, 4.69) is 76.3 Å². The minimum absolute atomic E-state index is 0.370. The monoisotopic (exact) mass is 267 g/mol. The van der Waals surface area contributed by atoms with Crippen molar-refractivity contribution < 1.29 is 0 Å². The molecule has 2 aromatic carbocycles. The third-order valence-corrected chi connectivity index (χ3v) is 4.00. The summed E-state index contributed by atoms with van der Waals surface area (Å²) >= 11 is 0. The summed E-state index contributed by atoms with van der Waals surface area (Å²) in [4.78, 5) is 0. The standard InChI is InChI=1S/C19H25N/c1-13-6-8-15(3)18(10-13)12-20-17(5)19-11-14(2)7-9-16(19)4/h6-11,17,20H,12H2,1-5H3. The lowest BCUT2D eigenvalue weighted by Gasteiger charge is -2.18. The predicted octanol–water partition coefficient (Wildman–Crippen LogP) is 4.77. The lowest BCUT2D eigenvalue weighted by molar-refractivity contribution is 0.570. The predicted molar refractivity (Wildman–Crippen MR) is 87.1 cm³/mol. The average Bonchev–Trinajstić information content (AvgIpc) is 2.42. The Morgan fingerprint density at radius 2 is 1.45 bits per heavy atom. The second-order valence-electron chi connectivity index (χ2n) is 5.89. The molecule has 0 spiro atoms. The van der Waals surface area contributed by atoms with Gasteiger partial charge in [-0.25, -0.2) is 0 Å². The fourth-order valence-corrected chi connectivity index (χ4v) is 2.59. The lowest BCUT2D eigenvalue weighted by atomic mass is 9.99. The minimum atomic E-state index is 0.370. The van der Waals surface area contributed by atoms with Crippen molar-refractivity contribution in [3.63, 3.8) is 0 Å². The molecule has 0 aromatic heterocycles. The van der Waals surface area contributed by atoms with Gasteiger partial charge in [0.2, 0.25) is 0 Å². The third-order valence-electron chi connectivity index (χ3n) is 4.00. The average molecular weight is 267 g/mol. The molecule has 2 aromatic rings. The normalized spacial score (nSPS) is 12.4. The molecule has 1 unspecified atom stereocenters. The molecule has 0 saturated heterocycles. The van der Waals surface area contributed by atoms with Crippen LogP contribution in [0.3, 0.4) is 0 Å². The SMILES string of the molecule is Cc1ccc(C)c(CNC(C)c2cc(C)ccc2C)c1. The molecule has 0 radical (unpaired) electrons. The molecule has 20 heavy (non-hydrogen) atoms. The number of rotatable bonds is 4. The van der Waals surface area contributed by atoms with Gasteiger partial charge in [-0.3, -0.25) is 0 Å². The Balaban J connectivity index is 2.10. The smallest absolute Gasteiger partial charge is 0.0297 e. The molecule has 0 amide bonds. The van der Waals surface area contributed by atoms with Crippen molar-refractivity contribution >= 4 is 0 Å². The zero-order chi connectivity index (χ0) is 14.7. The molecule has 0 bridgehead atoms. The zero-order valence-electron chi connectivity index (χ0n) is 13.2. The maximum atomic E-state index is 3.65. The van der Waals surface area contributed by atoms with Crippen molar-refractivity contribution in [3.8, 4) is 0 Å². The van der Waals surface area contributed by atoms with E-state index >= 15 is 0 Å². The highest BCUT2D eigenvalue weighted by Gasteiger charge is 2.09. The Hall–Kier alpha value is -1.60. The second kappa shape index (κ2) is 6.23. The van der Waals surface area contributed by atoms with E-state index in [1.54, 1.807) is 0 Å². The highest BCUT2D eigenvalue weighted by Crippen LogP contribution is 2.20. The lowest BCUT2D eigenvalue weighted by Crippen LogP contribution is -2.19. The van der Waals surface area contributed by atoms with Crippen LogP contribution in [-0.2, 0) is 6.54 Å². The number of nitrogens with one attached hydrogen (secondary N) is 1. The maximum Gasteiger partial charge on any atom is 0.0297 e. The molecule has 1 nitrogen and oxygen atoms in total. The van der Waals surface area contributed by atoms with Crippen LogP contribution in [0.15, 0.2) is 36.4 Å². The second-order valence-corrected chi connectivity index (χ2v) is 5.89. The van der Waals surface area contributed by atoms with Gasteiger partial charge in [0, 0.05) is 12.6 Å². The van der Waals surface area contributed by atoms with E-state index in [9.17, 15) is 0 Å². The van der Waals surface area contributed by atoms with Gasteiger partial charge < -0.3 is 5.32 Å². The van der Waals surface area contributed by atoms with Gasteiger partial charge in [0.1, 0.15) is 0 Å². The minimum Gasteiger partial charge on any atom is -0.306 e. The number of hydrogen-bond acceptors (Lipinski definition) is 1.